The van der Waals surface area contributed by atoms with Crippen LogP contribution in [0.1, 0.15) is 25.7 Å². The molecule has 148 valence electrons. The minimum atomic E-state index is -0.129. The minimum Gasteiger partial charge on any atom is -0.497 e. The predicted molar refractivity (Wildman–Crippen MR) is 114 cm³/mol. The Morgan fingerprint density at radius 1 is 1.10 bits per heavy atom. The monoisotopic (exact) mass is 407 g/mol. The molecule has 0 fully saturated rings. The number of para-hydroxylation sites is 1. The van der Waals surface area contributed by atoms with Crippen molar-refractivity contribution in [1.82, 2.24) is 24.7 Å². The summed E-state index contributed by atoms with van der Waals surface area (Å²) in [6, 6.07) is 15.3. The van der Waals surface area contributed by atoms with E-state index in [1.165, 1.54) is 11.8 Å². The number of methoxy groups -OCH3 is 1. The highest BCUT2D eigenvalue weighted by Gasteiger charge is 2.17. The van der Waals surface area contributed by atoms with E-state index >= 15 is 0 Å². The summed E-state index contributed by atoms with van der Waals surface area (Å²) in [6.45, 7) is 4.19. The summed E-state index contributed by atoms with van der Waals surface area (Å²) < 4.78 is 7.32. The van der Waals surface area contributed by atoms with E-state index in [0.29, 0.717) is 22.5 Å². The smallest absolute Gasteiger partial charge is 0.258 e. The van der Waals surface area contributed by atoms with E-state index in [1.54, 1.807) is 13.2 Å². The van der Waals surface area contributed by atoms with Crippen LogP contribution in [-0.4, -0.2) is 31.8 Å². The van der Waals surface area contributed by atoms with Gasteiger partial charge in [0.15, 0.2) is 11.0 Å². The molecule has 4 aromatic rings. The van der Waals surface area contributed by atoms with E-state index in [-0.39, 0.29) is 11.6 Å². The summed E-state index contributed by atoms with van der Waals surface area (Å²) in [5.41, 5.74) is 1.53. The zero-order valence-electron chi connectivity index (χ0n) is 16.4. The molecule has 0 spiro atoms. The topological polar surface area (TPSA) is 85.7 Å². The molecule has 0 saturated heterocycles. The third kappa shape index (κ3) is 3.88. The molecule has 0 atom stereocenters. The molecule has 0 bridgehead atoms. The fourth-order valence-corrected chi connectivity index (χ4v) is 4.05. The second kappa shape index (κ2) is 8.08. The van der Waals surface area contributed by atoms with Crippen LogP contribution in [0.2, 0.25) is 0 Å². The first kappa shape index (κ1) is 19.2. The maximum atomic E-state index is 12.3. The second-order valence-electron chi connectivity index (χ2n) is 6.82. The van der Waals surface area contributed by atoms with Gasteiger partial charge in [-0.1, -0.05) is 23.9 Å². The summed E-state index contributed by atoms with van der Waals surface area (Å²) in [5.74, 6) is 2.70. The molecular formula is C21H21N5O2S. The zero-order chi connectivity index (χ0) is 20.4. The molecule has 0 saturated carbocycles. The minimum absolute atomic E-state index is 0.129. The molecule has 2 heterocycles. The van der Waals surface area contributed by atoms with Crippen LogP contribution in [0.25, 0.3) is 22.3 Å². The standard InChI is InChI=1S/C21H21N5O2S/c1-13(2)26-19(14-8-10-15(28-3)11-9-14)24-25-21(26)29-12-18-22-17-7-5-4-6-16(17)20(27)23-18/h4-11,13H,12H2,1-3H3,(H,22,23,27). The zero-order valence-corrected chi connectivity index (χ0v) is 17.2. The summed E-state index contributed by atoms with van der Waals surface area (Å²) in [4.78, 5) is 19.7. The van der Waals surface area contributed by atoms with Crippen molar-refractivity contribution in [2.45, 2.75) is 30.8 Å². The molecule has 2 aromatic carbocycles. The SMILES string of the molecule is COc1ccc(-c2nnc(SCc3nc4ccccc4c(=O)[nH]3)n2C(C)C)cc1. The average Bonchev–Trinajstić information content (AvgIpc) is 3.17. The maximum Gasteiger partial charge on any atom is 0.258 e. The van der Waals surface area contributed by atoms with Gasteiger partial charge in [-0.3, -0.25) is 9.36 Å². The first-order chi connectivity index (χ1) is 14.1. The van der Waals surface area contributed by atoms with Crippen LogP contribution < -0.4 is 10.3 Å². The van der Waals surface area contributed by atoms with Gasteiger partial charge >= 0.3 is 0 Å². The lowest BCUT2D eigenvalue weighted by atomic mass is 10.2. The van der Waals surface area contributed by atoms with Crippen LogP contribution in [0, 0.1) is 0 Å². The highest BCUT2D eigenvalue weighted by Crippen LogP contribution is 2.29. The number of thioether (sulfide) groups is 1. The van der Waals surface area contributed by atoms with Gasteiger partial charge in [0, 0.05) is 11.6 Å². The van der Waals surface area contributed by atoms with Gasteiger partial charge in [-0.15, -0.1) is 10.2 Å². The van der Waals surface area contributed by atoms with Crippen LogP contribution in [0.5, 0.6) is 5.75 Å². The molecule has 0 aliphatic carbocycles. The number of hydrogen-bond donors (Lipinski definition) is 1. The molecule has 0 unspecified atom stereocenters. The molecule has 29 heavy (non-hydrogen) atoms. The van der Waals surface area contributed by atoms with E-state index in [9.17, 15) is 4.79 Å². The molecular weight excluding hydrogens is 386 g/mol. The van der Waals surface area contributed by atoms with Crippen molar-refractivity contribution in [2.24, 2.45) is 0 Å². The quantitative estimate of drug-likeness (QED) is 0.485. The highest BCUT2D eigenvalue weighted by molar-refractivity contribution is 7.98. The van der Waals surface area contributed by atoms with Crippen molar-refractivity contribution in [2.75, 3.05) is 7.11 Å². The normalized spacial score (nSPS) is 11.3. The number of aromatic amines is 1. The molecule has 0 aliphatic rings. The Balaban J connectivity index is 1.62. The Morgan fingerprint density at radius 2 is 1.86 bits per heavy atom. The van der Waals surface area contributed by atoms with E-state index in [0.717, 1.165) is 22.3 Å². The summed E-state index contributed by atoms with van der Waals surface area (Å²) in [7, 11) is 1.64. The number of aromatic nitrogens is 5. The largest absolute Gasteiger partial charge is 0.497 e. The van der Waals surface area contributed by atoms with Gasteiger partial charge in [0.1, 0.15) is 11.6 Å². The van der Waals surface area contributed by atoms with Gasteiger partial charge in [-0.25, -0.2) is 4.98 Å². The number of ether oxygens (including phenoxy) is 1. The van der Waals surface area contributed by atoms with E-state index < -0.39 is 0 Å². The van der Waals surface area contributed by atoms with Crippen molar-refractivity contribution in [3.05, 3.63) is 64.7 Å². The lowest BCUT2D eigenvalue weighted by molar-refractivity contribution is 0.415. The Kier molecular flexibility index (Phi) is 5.35. The number of benzene rings is 2. The van der Waals surface area contributed by atoms with E-state index in [1.807, 2.05) is 42.5 Å². The summed E-state index contributed by atoms with van der Waals surface area (Å²) in [5, 5.41) is 10.2. The third-order valence-corrected chi connectivity index (χ3v) is 5.48. The Hall–Kier alpha value is -3.13. The fourth-order valence-electron chi connectivity index (χ4n) is 3.11. The molecule has 0 radical (unpaired) electrons. The van der Waals surface area contributed by atoms with Crippen molar-refractivity contribution in [3.63, 3.8) is 0 Å². The molecule has 2 aromatic heterocycles. The lowest BCUT2D eigenvalue weighted by Crippen LogP contribution is -2.11. The van der Waals surface area contributed by atoms with Crippen LogP contribution in [-0.2, 0) is 5.75 Å². The first-order valence-corrected chi connectivity index (χ1v) is 10.3. The number of hydrogen-bond acceptors (Lipinski definition) is 6. The molecule has 0 aliphatic heterocycles. The molecule has 7 nitrogen and oxygen atoms in total. The number of nitrogens with one attached hydrogen (secondary N) is 1. The van der Waals surface area contributed by atoms with Crippen molar-refractivity contribution < 1.29 is 4.74 Å². The van der Waals surface area contributed by atoms with Crippen LogP contribution >= 0.6 is 11.8 Å². The van der Waals surface area contributed by atoms with Gasteiger partial charge in [0.05, 0.1) is 23.8 Å². The molecule has 1 N–H and O–H groups in total. The van der Waals surface area contributed by atoms with Gasteiger partial charge in [0.2, 0.25) is 0 Å². The number of H-pyrrole nitrogens is 1. The van der Waals surface area contributed by atoms with E-state index in [2.05, 4.69) is 38.6 Å². The average molecular weight is 407 g/mol. The number of nitrogens with zero attached hydrogens (tertiary/aromatic N) is 4. The van der Waals surface area contributed by atoms with Crippen molar-refractivity contribution in [3.8, 4) is 17.1 Å². The molecule has 4 rings (SSSR count). The number of rotatable bonds is 6. The number of fused-ring (bicyclic) bond motifs is 1. The maximum absolute atomic E-state index is 12.3. The molecule has 8 heteroatoms. The van der Waals surface area contributed by atoms with E-state index in [4.69, 9.17) is 4.74 Å². The predicted octanol–water partition coefficient (Wildman–Crippen LogP) is 4.06. The van der Waals surface area contributed by atoms with Gasteiger partial charge in [0.25, 0.3) is 5.56 Å². The van der Waals surface area contributed by atoms with Gasteiger partial charge in [-0.2, -0.15) is 0 Å². The van der Waals surface area contributed by atoms with Crippen molar-refractivity contribution >= 4 is 22.7 Å². The van der Waals surface area contributed by atoms with Gasteiger partial charge < -0.3 is 9.72 Å². The molecule has 0 amide bonds. The van der Waals surface area contributed by atoms with Crippen LogP contribution in [0.3, 0.4) is 0 Å². The Bertz CT molecular complexity index is 1200. The Labute approximate surface area is 172 Å². The first-order valence-electron chi connectivity index (χ1n) is 9.27. The summed E-state index contributed by atoms with van der Waals surface area (Å²) in [6.07, 6.45) is 0. The van der Waals surface area contributed by atoms with Gasteiger partial charge in [-0.05, 0) is 50.2 Å². The summed E-state index contributed by atoms with van der Waals surface area (Å²) >= 11 is 1.50. The fraction of sp³-hybridized carbons (Fsp3) is 0.238. The highest BCUT2D eigenvalue weighted by atomic mass is 32.2. The Morgan fingerprint density at radius 3 is 2.59 bits per heavy atom. The lowest BCUT2D eigenvalue weighted by Gasteiger charge is -2.14. The van der Waals surface area contributed by atoms with Crippen LogP contribution in [0.15, 0.2) is 58.5 Å². The third-order valence-electron chi connectivity index (χ3n) is 4.53. The van der Waals surface area contributed by atoms with Crippen molar-refractivity contribution in [1.29, 1.82) is 0 Å². The van der Waals surface area contributed by atoms with Crippen LogP contribution in [0.4, 0.5) is 0 Å². The second-order valence-corrected chi connectivity index (χ2v) is 7.76.